The van der Waals surface area contributed by atoms with Crippen molar-refractivity contribution in [2.45, 2.75) is 13.8 Å². The highest BCUT2D eigenvalue weighted by molar-refractivity contribution is 5.95. The van der Waals surface area contributed by atoms with Crippen LogP contribution in [0.4, 0.5) is 5.82 Å². The summed E-state index contributed by atoms with van der Waals surface area (Å²) >= 11 is 0. The molecule has 142 valence electrons. The minimum Gasteiger partial charge on any atom is -0.490 e. The molecule has 1 aromatic heterocycles. The molecule has 28 heavy (non-hydrogen) atoms. The lowest BCUT2D eigenvalue weighted by molar-refractivity contribution is -0.116. The van der Waals surface area contributed by atoms with Crippen LogP contribution in [0.15, 0.2) is 72.5 Å². The Balaban J connectivity index is 1.54. The zero-order chi connectivity index (χ0) is 19.8. The maximum absolute atomic E-state index is 12.1. The van der Waals surface area contributed by atoms with E-state index in [4.69, 9.17) is 4.74 Å². The van der Waals surface area contributed by atoms with Crippen molar-refractivity contribution in [3.05, 3.63) is 78.0 Å². The number of carbonyl (C=O) groups excluding carboxylic acids is 1. The molecule has 0 aliphatic carbocycles. The Morgan fingerprint density at radius 2 is 1.89 bits per heavy atom. The first-order valence-electron chi connectivity index (χ1n) is 8.92. The number of hydrogen-bond donors (Lipinski definition) is 2. The lowest BCUT2D eigenvalue weighted by atomic mass is 10.2. The molecule has 6 heteroatoms. The van der Waals surface area contributed by atoms with Crippen LogP contribution in [0, 0.1) is 0 Å². The average Bonchev–Trinajstić information content (AvgIpc) is 2.71. The molecular formula is C22H22N4O2. The third kappa shape index (κ3) is 5.41. The molecule has 3 aromatic rings. The van der Waals surface area contributed by atoms with Crippen molar-refractivity contribution in [2.24, 2.45) is 0 Å². The largest absolute Gasteiger partial charge is 0.490 e. The minimum atomic E-state index is -0.293. The number of amides is 1. The van der Waals surface area contributed by atoms with Crippen LogP contribution in [0.5, 0.6) is 5.75 Å². The molecular weight excluding hydrogens is 352 g/mol. The number of nitrogens with zero attached hydrogens (tertiary/aromatic N) is 2. The van der Waals surface area contributed by atoms with Gasteiger partial charge in [-0.2, -0.15) is 5.10 Å². The van der Waals surface area contributed by atoms with Crippen molar-refractivity contribution in [3.8, 4) is 5.75 Å². The second-order valence-corrected chi connectivity index (χ2v) is 6.39. The molecule has 2 N–H and O–H groups in total. The summed E-state index contributed by atoms with van der Waals surface area (Å²) in [5.41, 5.74) is 7.53. The fourth-order valence-corrected chi connectivity index (χ4v) is 2.43. The van der Waals surface area contributed by atoms with Crippen molar-refractivity contribution in [1.82, 2.24) is 15.6 Å². The SMILES string of the molecule is CC(C)=CCOc1ccc(/C=C/C(=O)NNc2nncc3ccccc23)cc1. The highest BCUT2D eigenvalue weighted by Gasteiger charge is 2.03. The van der Waals surface area contributed by atoms with Gasteiger partial charge in [0.05, 0.1) is 6.20 Å². The predicted octanol–water partition coefficient (Wildman–Crippen LogP) is 4.13. The lowest BCUT2D eigenvalue weighted by Crippen LogP contribution is -2.28. The van der Waals surface area contributed by atoms with Crippen molar-refractivity contribution in [1.29, 1.82) is 0 Å². The molecule has 0 atom stereocenters. The quantitative estimate of drug-likeness (QED) is 0.369. The maximum Gasteiger partial charge on any atom is 0.262 e. The van der Waals surface area contributed by atoms with Crippen molar-refractivity contribution >= 4 is 28.6 Å². The van der Waals surface area contributed by atoms with E-state index in [9.17, 15) is 4.79 Å². The molecule has 0 unspecified atom stereocenters. The van der Waals surface area contributed by atoms with Gasteiger partial charge in [-0.15, -0.1) is 5.10 Å². The third-order valence-electron chi connectivity index (χ3n) is 3.92. The summed E-state index contributed by atoms with van der Waals surface area (Å²) in [6, 6.07) is 15.2. The molecule has 0 bridgehead atoms. The smallest absolute Gasteiger partial charge is 0.262 e. The fourth-order valence-electron chi connectivity index (χ4n) is 2.43. The summed E-state index contributed by atoms with van der Waals surface area (Å²) in [6.45, 7) is 4.61. The van der Waals surface area contributed by atoms with Gasteiger partial charge in [0.1, 0.15) is 12.4 Å². The van der Waals surface area contributed by atoms with E-state index in [0.29, 0.717) is 12.4 Å². The lowest BCUT2D eigenvalue weighted by Gasteiger charge is -2.07. The Kier molecular flexibility index (Phi) is 6.36. The number of carbonyl (C=O) groups is 1. The topological polar surface area (TPSA) is 76.1 Å². The van der Waals surface area contributed by atoms with Crippen LogP contribution < -0.4 is 15.6 Å². The molecule has 6 nitrogen and oxygen atoms in total. The first-order chi connectivity index (χ1) is 13.6. The van der Waals surface area contributed by atoms with Crippen molar-refractivity contribution < 1.29 is 9.53 Å². The van der Waals surface area contributed by atoms with Gasteiger partial charge in [0.15, 0.2) is 5.82 Å². The van der Waals surface area contributed by atoms with Gasteiger partial charge in [-0.05, 0) is 43.7 Å². The van der Waals surface area contributed by atoms with Crippen LogP contribution in [-0.2, 0) is 4.79 Å². The summed E-state index contributed by atoms with van der Waals surface area (Å²) in [6.07, 6.45) is 6.87. The highest BCUT2D eigenvalue weighted by atomic mass is 16.5. The molecule has 1 amide bonds. The standard InChI is InChI=1S/C22H22N4O2/c1-16(2)13-14-28-19-10-7-17(8-11-19)9-12-21(27)24-26-22-20-6-4-3-5-18(20)15-23-25-22/h3-13,15H,14H2,1-2H3,(H,24,27)(H,25,26)/b12-9+. The predicted molar refractivity (Wildman–Crippen MR) is 112 cm³/mol. The number of fused-ring (bicyclic) bond motifs is 1. The number of rotatable bonds is 7. The van der Waals surface area contributed by atoms with E-state index >= 15 is 0 Å². The molecule has 1 heterocycles. The van der Waals surface area contributed by atoms with Gasteiger partial charge in [-0.3, -0.25) is 15.6 Å². The first kappa shape index (κ1) is 19.1. The Morgan fingerprint density at radius 3 is 2.68 bits per heavy atom. The summed E-state index contributed by atoms with van der Waals surface area (Å²) in [5, 5.41) is 9.77. The number of aromatic nitrogens is 2. The summed E-state index contributed by atoms with van der Waals surface area (Å²) in [5.74, 6) is 0.992. The Labute approximate surface area is 163 Å². The zero-order valence-electron chi connectivity index (χ0n) is 15.8. The molecule has 0 aliphatic heterocycles. The van der Waals surface area contributed by atoms with E-state index in [-0.39, 0.29) is 5.91 Å². The van der Waals surface area contributed by atoms with Crippen LogP contribution in [0.3, 0.4) is 0 Å². The molecule has 0 radical (unpaired) electrons. The van der Waals surface area contributed by atoms with Gasteiger partial charge >= 0.3 is 0 Å². The monoisotopic (exact) mass is 374 g/mol. The van der Waals surface area contributed by atoms with E-state index in [1.54, 1.807) is 12.3 Å². The third-order valence-corrected chi connectivity index (χ3v) is 3.92. The van der Waals surface area contributed by atoms with Gasteiger partial charge < -0.3 is 4.74 Å². The zero-order valence-corrected chi connectivity index (χ0v) is 15.8. The highest BCUT2D eigenvalue weighted by Crippen LogP contribution is 2.18. The van der Waals surface area contributed by atoms with E-state index in [1.165, 1.54) is 11.6 Å². The number of ether oxygens (including phenoxy) is 1. The molecule has 0 spiro atoms. The molecule has 0 saturated heterocycles. The van der Waals surface area contributed by atoms with Gasteiger partial charge in [-0.1, -0.05) is 42.0 Å². The van der Waals surface area contributed by atoms with Gasteiger partial charge in [0, 0.05) is 16.8 Å². The van der Waals surface area contributed by atoms with Crippen LogP contribution in [0.2, 0.25) is 0 Å². The molecule has 3 rings (SSSR count). The Bertz CT molecular complexity index is 1000. The Morgan fingerprint density at radius 1 is 1.11 bits per heavy atom. The molecule has 0 saturated carbocycles. The van der Waals surface area contributed by atoms with Gasteiger partial charge in [0.2, 0.25) is 0 Å². The number of benzene rings is 2. The summed E-state index contributed by atoms with van der Waals surface area (Å²) < 4.78 is 5.62. The van der Waals surface area contributed by atoms with E-state index < -0.39 is 0 Å². The maximum atomic E-state index is 12.1. The number of allylic oxidation sites excluding steroid dienone is 1. The van der Waals surface area contributed by atoms with E-state index in [2.05, 4.69) is 21.0 Å². The van der Waals surface area contributed by atoms with Gasteiger partial charge in [0.25, 0.3) is 5.91 Å². The van der Waals surface area contributed by atoms with Crippen molar-refractivity contribution in [3.63, 3.8) is 0 Å². The van der Waals surface area contributed by atoms with Crippen LogP contribution >= 0.6 is 0 Å². The average molecular weight is 374 g/mol. The number of anilines is 1. The minimum absolute atomic E-state index is 0.293. The van der Waals surface area contributed by atoms with E-state index in [1.807, 2.05) is 68.5 Å². The normalized spacial score (nSPS) is 10.6. The molecule has 2 aromatic carbocycles. The summed E-state index contributed by atoms with van der Waals surface area (Å²) in [7, 11) is 0. The number of hydrazine groups is 1. The van der Waals surface area contributed by atoms with Crippen LogP contribution in [0.25, 0.3) is 16.8 Å². The first-order valence-corrected chi connectivity index (χ1v) is 8.92. The second-order valence-electron chi connectivity index (χ2n) is 6.39. The fraction of sp³-hybridized carbons (Fsp3) is 0.136. The number of nitrogens with one attached hydrogen (secondary N) is 2. The van der Waals surface area contributed by atoms with E-state index in [0.717, 1.165) is 22.1 Å². The Hall–Kier alpha value is -3.67. The number of hydrogen-bond acceptors (Lipinski definition) is 5. The van der Waals surface area contributed by atoms with Gasteiger partial charge in [-0.25, -0.2) is 0 Å². The van der Waals surface area contributed by atoms with Crippen molar-refractivity contribution in [2.75, 3.05) is 12.0 Å². The van der Waals surface area contributed by atoms with Crippen LogP contribution in [-0.4, -0.2) is 22.7 Å². The summed E-state index contributed by atoms with van der Waals surface area (Å²) in [4.78, 5) is 12.1. The molecule has 0 fully saturated rings. The molecule has 0 aliphatic rings. The second kappa shape index (κ2) is 9.32. The van der Waals surface area contributed by atoms with Crippen LogP contribution in [0.1, 0.15) is 19.4 Å².